The van der Waals surface area contributed by atoms with Gasteiger partial charge in [-0.3, -0.25) is 4.98 Å². The molecule has 1 heterocycles. The Hall–Kier alpha value is -0.800. The second-order valence-corrected chi connectivity index (χ2v) is 5.19. The first-order valence-corrected chi connectivity index (χ1v) is 6.29. The van der Waals surface area contributed by atoms with Crippen LogP contribution >= 0.6 is 11.6 Å². The molecule has 0 radical (unpaired) electrons. The highest BCUT2D eigenvalue weighted by molar-refractivity contribution is 6.20. The van der Waals surface area contributed by atoms with E-state index in [1.807, 2.05) is 26.0 Å². The van der Waals surface area contributed by atoms with Gasteiger partial charge in [-0.2, -0.15) is 0 Å². The highest BCUT2D eigenvalue weighted by Crippen LogP contribution is 2.14. The van der Waals surface area contributed by atoms with E-state index in [4.69, 9.17) is 16.3 Å². The topological polar surface area (TPSA) is 25.4 Å². The Morgan fingerprint density at radius 3 is 2.76 bits per heavy atom. The van der Waals surface area contributed by atoms with Crippen LogP contribution < -0.4 is 4.74 Å². The molecule has 3 nitrogen and oxygen atoms in total. The molecule has 1 aromatic rings. The van der Waals surface area contributed by atoms with E-state index in [0.717, 1.165) is 36.6 Å². The van der Waals surface area contributed by atoms with Gasteiger partial charge in [0, 0.05) is 29.7 Å². The molecule has 0 N–H and O–H groups in total. The van der Waals surface area contributed by atoms with E-state index in [0.29, 0.717) is 0 Å². The van der Waals surface area contributed by atoms with Crippen molar-refractivity contribution in [1.82, 2.24) is 9.88 Å². The minimum absolute atomic E-state index is 0.220. The van der Waals surface area contributed by atoms with Gasteiger partial charge in [-0.05, 0) is 33.9 Å². The molecule has 0 saturated heterocycles. The molecule has 1 unspecified atom stereocenters. The number of aryl methyl sites for hydroxylation is 1. The molecule has 0 bridgehead atoms. The number of rotatable bonds is 6. The molecule has 17 heavy (non-hydrogen) atoms. The van der Waals surface area contributed by atoms with Crippen LogP contribution in [0.4, 0.5) is 0 Å². The van der Waals surface area contributed by atoms with Crippen LogP contribution in [-0.4, -0.2) is 36.0 Å². The van der Waals surface area contributed by atoms with Crippen molar-refractivity contribution in [3.8, 4) is 5.75 Å². The molecule has 1 rings (SSSR count). The van der Waals surface area contributed by atoms with Crippen molar-refractivity contribution in [3.05, 3.63) is 23.5 Å². The van der Waals surface area contributed by atoms with Crippen LogP contribution in [0.2, 0.25) is 0 Å². The summed E-state index contributed by atoms with van der Waals surface area (Å²) in [5.41, 5.74) is 2.02. The van der Waals surface area contributed by atoms with Crippen molar-refractivity contribution in [2.24, 2.45) is 0 Å². The van der Waals surface area contributed by atoms with Crippen molar-refractivity contribution in [2.45, 2.75) is 32.2 Å². The zero-order valence-electron chi connectivity index (χ0n) is 11.0. The molecule has 1 atom stereocenters. The lowest BCUT2D eigenvalue weighted by atomic mass is 10.2. The summed E-state index contributed by atoms with van der Waals surface area (Å²) in [4.78, 5) is 6.72. The molecule has 0 aromatic carbocycles. The summed E-state index contributed by atoms with van der Waals surface area (Å²) in [6.07, 6.45) is 0.987. The van der Waals surface area contributed by atoms with Crippen molar-refractivity contribution < 1.29 is 4.74 Å². The lowest BCUT2D eigenvalue weighted by molar-refractivity contribution is 0.316. The van der Waals surface area contributed by atoms with E-state index in [1.54, 1.807) is 7.11 Å². The molecule has 0 fully saturated rings. The Labute approximate surface area is 109 Å². The third-order valence-corrected chi connectivity index (χ3v) is 2.77. The molecule has 0 aliphatic heterocycles. The minimum Gasteiger partial charge on any atom is -0.497 e. The zero-order valence-corrected chi connectivity index (χ0v) is 11.8. The van der Waals surface area contributed by atoms with Crippen LogP contribution in [0.15, 0.2) is 12.1 Å². The number of hydrogen-bond donors (Lipinski definition) is 0. The van der Waals surface area contributed by atoms with Gasteiger partial charge in [0.1, 0.15) is 5.75 Å². The molecular formula is C13H21ClN2O. The number of pyridine rings is 1. The summed E-state index contributed by atoms with van der Waals surface area (Å²) in [5.74, 6) is 0.867. The maximum absolute atomic E-state index is 5.94. The quantitative estimate of drug-likeness (QED) is 0.732. The molecule has 0 amide bonds. The smallest absolute Gasteiger partial charge is 0.122 e. The molecule has 96 valence electrons. The van der Waals surface area contributed by atoms with Gasteiger partial charge in [0.15, 0.2) is 0 Å². The average molecular weight is 257 g/mol. The fourth-order valence-corrected chi connectivity index (χ4v) is 1.75. The van der Waals surface area contributed by atoms with Crippen LogP contribution in [0.25, 0.3) is 0 Å². The summed E-state index contributed by atoms with van der Waals surface area (Å²) in [6, 6.07) is 3.91. The number of ether oxygens (including phenoxy) is 1. The summed E-state index contributed by atoms with van der Waals surface area (Å²) in [6.45, 7) is 5.79. The Kier molecular flexibility index (Phi) is 5.72. The minimum atomic E-state index is 0.220. The Morgan fingerprint density at radius 1 is 1.47 bits per heavy atom. The van der Waals surface area contributed by atoms with E-state index >= 15 is 0 Å². The fraction of sp³-hybridized carbons (Fsp3) is 0.615. The van der Waals surface area contributed by atoms with Gasteiger partial charge in [-0.25, -0.2) is 0 Å². The van der Waals surface area contributed by atoms with E-state index < -0.39 is 0 Å². The van der Waals surface area contributed by atoms with Crippen LogP contribution in [0.1, 0.15) is 24.7 Å². The highest BCUT2D eigenvalue weighted by atomic mass is 35.5. The highest BCUT2D eigenvalue weighted by Gasteiger charge is 2.06. The predicted octanol–water partition coefficient (Wildman–Crippen LogP) is 2.85. The van der Waals surface area contributed by atoms with Crippen molar-refractivity contribution in [3.63, 3.8) is 0 Å². The lowest BCUT2D eigenvalue weighted by Gasteiger charge is -2.17. The lowest BCUT2D eigenvalue weighted by Crippen LogP contribution is -2.21. The summed E-state index contributed by atoms with van der Waals surface area (Å²) >= 11 is 5.94. The van der Waals surface area contributed by atoms with Gasteiger partial charge >= 0.3 is 0 Å². The first-order chi connectivity index (χ1) is 8.01. The average Bonchev–Trinajstić information content (AvgIpc) is 2.25. The summed E-state index contributed by atoms with van der Waals surface area (Å²) in [5, 5.41) is 0.220. The Bertz CT molecular complexity index is 355. The maximum atomic E-state index is 5.94. The molecule has 0 spiro atoms. The van der Waals surface area contributed by atoms with Crippen LogP contribution in [0.5, 0.6) is 5.75 Å². The van der Waals surface area contributed by atoms with E-state index in [9.17, 15) is 0 Å². The van der Waals surface area contributed by atoms with E-state index in [1.165, 1.54) is 0 Å². The summed E-state index contributed by atoms with van der Waals surface area (Å²) < 4.78 is 5.24. The second kappa shape index (κ2) is 6.82. The van der Waals surface area contributed by atoms with Gasteiger partial charge < -0.3 is 9.64 Å². The Morgan fingerprint density at radius 2 is 2.18 bits per heavy atom. The van der Waals surface area contributed by atoms with Crippen LogP contribution in [0.3, 0.4) is 0 Å². The van der Waals surface area contributed by atoms with Crippen molar-refractivity contribution in [2.75, 3.05) is 20.7 Å². The molecular weight excluding hydrogens is 236 g/mol. The van der Waals surface area contributed by atoms with Crippen molar-refractivity contribution in [1.29, 1.82) is 0 Å². The molecule has 0 saturated carbocycles. The van der Waals surface area contributed by atoms with Gasteiger partial charge in [0.05, 0.1) is 12.8 Å². The van der Waals surface area contributed by atoms with Gasteiger partial charge in [-0.1, -0.05) is 0 Å². The number of aromatic nitrogens is 1. The fourth-order valence-electron chi connectivity index (χ4n) is 1.66. The molecule has 0 aliphatic rings. The predicted molar refractivity (Wildman–Crippen MR) is 71.8 cm³/mol. The molecule has 1 aromatic heterocycles. The number of methoxy groups -OCH3 is 1. The number of nitrogens with zero attached hydrogens (tertiary/aromatic N) is 2. The first-order valence-electron chi connectivity index (χ1n) is 5.85. The van der Waals surface area contributed by atoms with Crippen LogP contribution in [-0.2, 0) is 6.54 Å². The third kappa shape index (κ3) is 5.37. The monoisotopic (exact) mass is 256 g/mol. The van der Waals surface area contributed by atoms with Gasteiger partial charge in [0.25, 0.3) is 0 Å². The SMILES string of the molecule is COc1cc(C)nc(CN(C)CCC(C)Cl)c1. The van der Waals surface area contributed by atoms with E-state index in [-0.39, 0.29) is 5.38 Å². The van der Waals surface area contributed by atoms with Gasteiger partial charge in [-0.15, -0.1) is 11.6 Å². The second-order valence-electron chi connectivity index (χ2n) is 4.45. The maximum Gasteiger partial charge on any atom is 0.122 e. The Balaban J connectivity index is 2.58. The zero-order chi connectivity index (χ0) is 12.8. The number of halogens is 1. The largest absolute Gasteiger partial charge is 0.497 e. The molecule has 0 aliphatic carbocycles. The van der Waals surface area contributed by atoms with E-state index in [2.05, 4.69) is 16.9 Å². The van der Waals surface area contributed by atoms with Gasteiger partial charge in [0.2, 0.25) is 0 Å². The number of hydrogen-bond acceptors (Lipinski definition) is 3. The summed E-state index contributed by atoms with van der Waals surface area (Å²) in [7, 11) is 3.76. The third-order valence-electron chi connectivity index (χ3n) is 2.56. The standard InChI is InChI=1S/C13H21ClN2O/c1-10(14)5-6-16(3)9-12-8-13(17-4)7-11(2)15-12/h7-8,10H,5-6,9H2,1-4H3. The normalized spacial score (nSPS) is 12.8. The number of alkyl halides is 1. The molecule has 4 heteroatoms. The van der Waals surface area contributed by atoms with Crippen molar-refractivity contribution >= 4 is 11.6 Å². The van der Waals surface area contributed by atoms with Crippen LogP contribution in [0, 0.1) is 6.92 Å². The first kappa shape index (κ1) is 14.3.